The van der Waals surface area contributed by atoms with E-state index in [9.17, 15) is 0 Å². The molecule has 2 rings (SSSR count). The maximum atomic E-state index is 8.82. The Morgan fingerprint density at radius 1 is 1.50 bits per heavy atom. The number of aliphatic hydroxyl groups is 1. The van der Waals surface area contributed by atoms with Crippen molar-refractivity contribution in [3.8, 4) is 0 Å². The monoisotopic (exact) mass is 166 g/mol. The fraction of sp³-hybridized carbons (Fsp3) is 0.667. The molecule has 1 aliphatic rings. The summed E-state index contributed by atoms with van der Waals surface area (Å²) in [6.07, 6.45) is 7.10. The molecule has 0 amide bonds. The van der Waals surface area contributed by atoms with E-state index in [4.69, 9.17) is 5.11 Å². The summed E-state index contributed by atoms with van der Waals surface area (Å²) in [6, 6.07) is 2.48. The number of hydrogen-bond donors (Lipinski definition) is 1. The van der Waals surface area contributed by atoms with E-state index in [0.717, 1.165) is 5.69 Å². The Bertz CT molecular complexity index is 251. The molecular weight excluding hydrogens is 152 g/mol. The average molecular weight is 166 g/mol. The number of nitrogens with zero attached hydrogens (tertiary/aromatic N) is 2. The third kappa shape index (κ3) is 1.37. The van der Waals surface area contributed by atoms with E-state index in [1.807, 2.05) is 16.9 Å². The molecule has 12 heavy (non-hydrogen) atoms. The van der Waals surface area contributed by atoms with Gasteiger partial charge in [-0.2, -0.15) is 5.10 Å². The standard InChI is InChI=1S/C9H14N2O/c12-7-8-5-6-11(10-8)9-3-1-2-4-9/h5-6,9,12H,1-4,7H2. The van der Waals surface area contributed by atoms with Crippen LogP contribution >= 0.6 is 0 Å². The molecule has 0 atom stereocenters. The molecule has 1 saturated carbocycles. The van der Waals surface area contributed by atoms with Gasteiger partial charge in [0.05, 0.1) is 18.3 Å². The van der Waals surface area contributed by atoms with Crippen LogP contribution in [0.15, 0.2) is 12.3 Å². The van der Waals surface area contributed by atoms with Crippen LogP contribution in [-0.4, -0.2) is 14.9 Å². The van der Waals surface area contributed by atoms with Gasteiger partial charge in [-0.15, -0.1) is 0 Å². The van der Waals surface area contributed by atoms with E-state index >= 15 is 0 Å². The van der Waals surface area contributed by atoms with Crippen molar-refractivity contribution in [3.63, 3.8) is 0 Å². The van der Waals surface area contributed by atoms with E-state index < -0.39 is 0 Å². The Kier molecular flexibility index (Phi) is 2.13. The minimum atomic E-state index is 0.0553. The third-order valence-corrected chi connectivity index (χ3v) is 2.52. The first-order valence-electron chi connectivity index (χ1n) is 4.55. The van der Waals surface area contributed by atoms with Crippen LogP contribution in [0.2, 0.25) is 0 Å². The quantitative estimate of drug-likeness (QED) is 0.722. The molecule has 0 spiro atoms. The fourth-order valence-corrected chi connectivity index (χ4v) is 1.83. The van der Waals surface area contributed by atoms with Crippen LogP contribution in [-0.2, 0) is 6.61 Å². The molecule has 1 aromatic heterocycles. The molecule has 1 N–H and O–H groups in total. The SMILES string of the molecule is OCc1ccn(C2CCCC2)n1. The van der Waals surface area contributed by atoms with Crippen LogP contribution < -0.4 is 0 Å². The van der Waals surface area contributed by atoms with Crippen molar-refractivity contribution in [2.75, 3.05) is 0 Å². The summed E-state index contributed by atoms with van der Waals surface area (Å²) in [5, 5.41) is 13.1. The zero-order valence-corrected chi connectivity index (χ0v) is 7.11. The molecule has 0 bridgehead atoms. The van der Waals surface area contributed by atoms with Gasteiger partial charge in [0.2, 0.25) is 0 Å². The second-order valence-corrected chi connectivity index (χ2v) is 3.38. The molecule has 1 aromatic rings. The third-order valence-electron chi connectivity index (χ3n) is 2.52. The molecule has 3 heteroatoms. The van der Waals surface area contributed by atoms with Gasteiger partial charge in [-0.05, 0) is 18.9 Å². The molecule has 66 valence electrons. The van der Waals surface area contributed by atoms with Gasteiger partial charge in [-0.3, -0.25) is 4.68 Å². The van der Waals surface area contributed by atoms with Crippen molar-refractivity contribution in [2.45, 2.75) is 38.3 Å². The molecule has 1 aliphatic carbocycles. The van der Waals surface area contributed by atoms with Crippen LogP contribution in [0.4, 0.5) is 0 Å². The van der Waals surface area contributed by atoms with Crippen LogP contribution in [0, 0.1) is 0 Å². The predicted octanol–water partition coefficient (Wildman–Crippen LogP) is 1.49. The lowest BCUT2D eigenvalue weighted by Gasteiger charge is -2.08. The normalized spacial score (nSPS) is 18.8. The molecule has 1 heterocycles. The van der Waals surface area contributed by atoms with Gasteiger partial charge in [0.15, 0.2) is 0 Å². The Morgan fingerprint density at radius 3 is 2.83 bits per heavy atom. The average Bonchev–Trinajstić information content (AvgIpc) is 2.75. The zero-order chi connectivity index (χ0) is 8.39. The van der Waals surface area contributed by atoms with Gasteiger partial charge < -0.3 is 5.11 Å². The maximum absolute atomic E-state index is 8.82. The number of aromatic nitrogens is 2. The molecule has 1 fully saturated rings. The Labute approximate surface area is 72.0 Å². The van der Waals surface area contributed by atoms with Gasteiger partial charge in [0.1, 0.15) is 0 Å². The molecule has 0 saturated heterocycles. The van der Waals surface area contributed by atoms with E-state index in [0.29, 0.717) is 6.04 Å². The van der Waals surface area contributed by atoms with E-state index in [2.05, 4.69) is 5.10 Å². The lowest BCUT2D eigenvalue weighted by Crippen LogP contribution is -2.05. The molecule has 0 unspecified atom stereocenters. The van der Waals surface area contributed by atoms with Gasteiger partial charge in [0.25, 0.3) is 0 Å². The second kappa shape index (κ2) is 3.27. The van der Waals surface area contributed by atoms with Crippen molar-refractivity contribution >= 4 is 0 Å². The highest BCUT2D eigenvalue weighted by atomic mass is 16.3. The topological polar surface area (TPSA) is 38.0 Å². The Balaban J connectivity index is 2.11. The van der Waals surface area contributed by atoms with Gasteiger partial charge in [-0.1, -0.05) is 12.8 Å². The number of rotatable bonds is 2. The zero-order valence-electron chi connectivity index (χ0n) is 7.11. The van der Waals surface area contributed by atoms with E-state index in [1.54, 1.807) is 0 Å². The van der Waals surface area contributed by atoms with Crippen molar-refractivity contribution in [3.05, 3.63) is 18.0 Å². The van der Waals surface area contributed by atoms with Gasteiger partial charge in [-0.25, -0.2) is 0 Å². The lowest BCUT2D eigenvalue weighted by molar-refractivity contribution is 0.274. The summed E-state index contributed by atoms with van der Waals surface area (Å²) in [5.41, 5.74) is 0.780. The first kappa shape index (κ1) is 7.80. The smallest absolute Gasteiger partial charge is 0.0879 e. The molecule has 0 radical (unpaired) electrons. The number of aliphatic hydroxyl groups excluding tert-OH is 1. The van der Waals surface area contributed by atoms with Gasteiger partial charge >= 0.3 is 0 Å². The van der Waals surface area contributed by atoms with Crippen LogP contribution in [0.25, 0.3) is 0 Å². The highest BCUT2D eigenvalue weighted by molar-refractivity contribution is 4.98. The summed E-state index contributed by atoms with van der Waals surface area (Å²) in [4.78, 5) is 0. The summed E-state index contributed by atoms with van der Waals surface area (Å²) in [5.74, 6) is 0. The minimum Gasteiger partial charge on any atom is -0.390 e. The predicted molar refractivity (Wildman–Crippen MR) is 45.7 cm³/mol. The number of hydrogen-bond acceptors (Lipinski definition) is 2. The summed E-state index contributed by atoms with van der Waals surface area (Å²) < 4.78 is 2.00. The van der Waals surface area contributed by atoms with Crippen LogP contribution in [0.3, 0.4) is 0 Å². The van der Waals surface area contributed by atoms with Crippen molar-refractivity contribution < 1.29 is 5.11 Å². The largest absolute Gasteiger partial charge is 0.390 e. The van der Waals surface area contributed by atoms with Gasteiger partial charge in [0, 0.05) is 6.20 Å². The minimum absolute atomic E-state index is 0.0553. The van der Waals surface area contributed by atoms with Crippen molar-refractivity contribution in [2.24, 2.45) is 0 Å². The van der Waals surface area contributed by atoms with Crippen LogP contribution in [0.1, 0.15) is 37.4 Å². The highest BCUT2D eigenvalue weighted by Gasteiger charge is 2.16. The van der Waals surface area contributed by atoms with E-state index in [1.165, 1.54) is 25.7 Å². The van der Waals surface area contributed by atoms with Crippen molar-refractivity contribution in [1.29, 1.82) is 0 Å². The fourth-order valence-electron chi connectivity index (χ4n) is 1.83. The van der Waals surface area contributed by atoms with Crippen LogP contribution in [0.5, 0.6) is 0 Å². The Morgan fingerprint density at radius 2 is 2.25 bits per heavy atom. The summed E-state index contributed by atoms with van der Waals surface area (Å²) in [6.45, 7) is 0.0553. The van der Waals surface area contributed by atoms with Crippen molar-refractivity contribution in [1.82, 2.24) is 9.78 Å². The summed E-state index contributed by atoms with van der Waals surface area (Å²) in [7, 11) is 0. The lowest BCUT2D eigenvalue weighted by atomic mass is 10.3. The molecular formula is C9H14N2O. The Hall–Kier alpha value is -0.830. The first-order valence-corrected chi connectivity index (χ1v) is 4.55. The highest BCUT2D eigenvalue weighted by Crippen LogP contribution is 2.28. The molecule has 0 aromatic carbocycles. The second-order valence-electron chi connectivity index (χ2n) is 3.38. The molecule has 3 nitrogen and oxygen atoms in total. The summed E-state index contributed by atoms with van der Waals surface area (Å²) >= 11 is 0. The maximum Gasteiger partial charge on any atom is 0.0879 e. The molecule has 0 aliphatic heterocycles. The first-order chi connectivity index (χ1) is 5.90. The van der Waals surface area contributed by atoms with E-state index in [-0.39, 0.29) is 6.61 Å².